The van der Waals surface area contributed by atoms with Crippen LogP contribution in [-0.2, 0) is 6.54 Å². The molecule has 1 aromatic carbocycles. The number of amides is 1. The van der Waals surface area contributed by atoms with E-state index >= 15 is 0 Å². The van der Waals surface area contributed by atoms with E-state index in [-0.39, 0.29) is 0 Å². The molecule has 0 aliphatic carbocycles. The summed E-state index contributed by atoms with van der Waals surface area (Å²) in [7, 11) is 0. The van der Waals surface area contributed by atoms with Crippen LogP contribution in [0, 0.1) is 0 Å². The molecule has 0 unspecified atom stereocenters. The number of nitrogens with one attached hydrogen (secondary N) is 1. The van der Waals surface area contributed by atoms with E-state index in [9.17, 15) is 9.90 Å². The van der Waals surface area contributed by atoms with Crippen LogP contribution in [0.3, 0.4) is 0 Å². The second-order valence-electron chi connectivity index (χ2n) is 4.30. The second-order valence-corrected chi connectivity index (χ2v) is 4.30. The van der Waals surface area contributed by atoms with Crippen LogP contribution in [0.1, 0.15) is 5.56 Å². The average Bonchev–Trinajstić information content (AvgIpc) is 2.59. The van der Waals surface area contributed by atoms with Gasteiger partial charge < -0.3 is 15.5 Å². The van der Waals surface area contributed by atoms with Gasteiger partial charge in [0, 0.05) is 19.6 Å². The lowest BCUT2D eigenvalue weighted by Gasteiger charge is -2.15. The van der Waals surface area contributed by atoms with Crippen molar-refractivity contribution in [3.8, 4) is 0 Å². The first-order valence-corrected chi connectivity index (χ1v) is 5.59. The van der Waals surface area contributed by atoms with Crippen molar-refractivity contribution < 1.29 is 15.0 Å². The van der Waals surface area contributed by atoms with Crippen molar-refractivity contribution in [3.63, 3.8) is 0 Å². The molecule has 5 nitrogen and oxygen atoms in total. The number of carbonyl (C=O) groups is 1. The van der Waals surface area contributed by atoms with Crippen LogP contribution >= 0.6 is 0 Å². The second kappa shape index (κ2) is 5.16. The Balaban J connectivity index is 1.91. The molecular weight excluding hydrogens is 220 g/mol. The highest BCUT2D eigenvalue weighted by Crippen LogP contribution is 2.14. The maximum absolute atomic E-state index is 10.5. The van der Waals surface area contributed by atoms with Crippen LogP contribution in [0.4, 0.5) is 4.79 Å². The maximum Gasteiger partial charge on any atom is 0.405 e. The Hall–Kier alpha value is -1.59. The molecule has 1 aliphatic heterocycles. The average molecular weight is 236 g/mol. The number of rotatable bonds is 3. The van der Waals surface area contributed by atoms with Crippen molar-refractivity contribution in [1.82, 2.24) is 10.2 Å². The zero-order chi connectivity index (χ0) is 12.3. The lowest BCUT2D eigenvalue weighted by atomic mass is 10.2. The fourth-order valence-corrected chi connectivity index (χ4v) is 2.14. The predicted octanol–water partition coefficient (Wildman–Crippen LogP) is 0.499. The van der Waals surface area contributed by atoms with Gasteiger partial charge in [-0.15, -0.1) is 0 Å². The topological polar surface area (TPSA) is 72.8 Å². The smallest absolute Gasteiger partial charge is 0.405 e. The van der Waals surface area contributed by atoms with Gasteiger partial charge in [0.15, 0.2) is 0 Å². The SMILES string of the molecule is O=C(O)N[C@@H]1CN(Cc2ccccc2)C[C@@H]1O. The third kappa shape index (κ3) is 3.18. The van der Waals surface area contributed by atoms with Crippen molar-refractivity contribution in [1.29, 1.82) is 0 Å². The molecule has 1 saturated heterocycles. The molecule has 92 valence electrons. The number of likely N-dealkylation sites (tertiary alicyclic amines) is 1. The van der Waals surface area contributed by atoms with Crippen LogP contribution in [0.15, 0.2) is 30.3 Å². The summed E-state index contributed by atoms with van der Waals surface area (Å²) in [4.78, 5) is 12.6. The highest BCUT2D eigenvalue weighted by Gasteiger charge is 2.32. The zero-order valence-corrected chi connectivity index (χ0v) is 9.41. The molecule has 2 rings (SSSR count). The lowest BCUT2D eigenvalue weighted by Crippen LogP contribution is -2.42. The summed E-state index contributed by atoms with van der Waals surface area (Å²) in [6.07, 6.45) is -1.72. The standard InChI is InChI=1S/C12H16N2O3/c15-11-8-14(7-10(11)13-12(16)17)6-9-4-2-1-3-5-9/h1-5,10-11,13,15H,6-8H2,(H,16,17)/t10-,11+/m1/s1. The Bertz CT molecular complexity index is 383. The minimum Gasteiger partial charge on any atom is -0.465 e. The summed E-state index contributed by atoms with van der Waals surface area (Å²) in [5.41, 5.74) is 1.16. The zero-order valence-electron chi connectivity index (χ0n) is 9.41. The first-order valence-electron chi connectivity index (χ1n) is 5.59. The number of aliphatic hydroxyl groups excluding tert-OH is 1. The van der Waals surface area contributed by atoms with Gasteiger partial charge in [0.2, 0.25) is 0 Å². The first kappa shape index (κ1) is 11.9. The predicted molar refractivity (Wildman–Crippen MR) is 62.7 cm³/mol. The molecule has 0 radical (unpaired) electrons. The monoisotopic (exact) mass is 236 g/mol. The van der Waals surface area contributed by atoms with Gasteiger partial charge >= 0.3 is 6.09 Å². The van der Waals surface area contributed by atoms with Crippen LogP contribution < -0.4 is 5.32 Å². The van der Waals surface area contributed by atoms with Crippen LogP contribution in [0.2, 0.25) is 0 Å². The molecule has 0 bridgehead atoms. The van der Waals surface area contributed by atoms with E-state index < -0.39 is 18.2 Å². The van der Waals surface area contributed by atoms with E-state index in [1.54, 1.807) is 0 Å². The van der Waals surface area contributed by atoms with Gasteiger partial charge in [0.1, 0.15) is 0 Å². The van der Waals surface area contributed by atoms with E-state index in [0.717, 1.165) is 12.1 Å². The number of hydrogen-bond donors (Lipinski definition) is 3. The number of β-amino-alcohol motifs (C(OH)–C–C–N with tert-alkyl or cyclic N) is 1. The molecular formula is C12H16N2O3. The summed E-state index contributed by atoms with van der Waals surface area (Å²) in [6, 6.07) is 9.53. The Morgan fingerprint density at radius 3 is 2.71 bits per heavy atom. The van der Waals surface area contributed by atoms with Crippen LogP contribution in [0.25, 0.3) is 0 Å². The van der Waals surface area contributed by atoms with Crippen molar-refractivity contribution in [2.45, 2.75) is 18.7 Å². The van der Waals surface area contributed by atoms with Crippen molar-refractivity contribution in [2.24, 2.45) is 0 Å². The van der Waals surface area contributed by atoms with Crippen LogP contribution in [0.5, 0.6) is 0 Å². The third-order valence-corrected chi connectivity index (χ3v) is 2.92. The third-order valence-electron chi connectivity index (χ3n) is 2.92. The molecule has 1 aliphatic rings. The fourth-order valence-electron chi connectivity index (χ4n) is 2.14. The molecule has 1 amide bonds. The normalized spacial score (nSPS) is 24.8. The molecule has 3 N–H and O–H groups in total. The minimum atomic E-state index is -1.09. The summed E-state index contributed by atoms with van der Waals surface area (Å²) in [5.74, 6) is 0. The van der Waals surface area contributed by atoms with Gasteiger partial charge in [-0.05, 0) is 5.56 Å². The minimum absolute atomic E-state index is 0.392. The number of nitrogens with zero attached hydrogens (tertiary/aromatic N) is 1. The van der Waals surface area contributed by atoms with Crippen LogP contribution in [-0.4, -0.2) is 46.4 Å². The summed E-state index contributed by atoms with van der Waals surface area (Å²) in [5, 5.41) is 20.7. The number of hydrogen-bond acceptors (Lipinski definition) is 3. The number of aliphatic hydroxyl groups is 1. The summed E-state index contributed by atoms with van der Waals surface area (Å²) in [6.45, 7) is 1.78. The summed E-state index contributed by atoms with van der Waals surface area (Å²) < 4.78 is 0. The molecule has 1 heterocycles. The van der Waals surface area contributed by atoms with E-state index in [4.69, 9.17) is 5.11 Å². The molecule has 0 spiro atoms. The first-order chi connectivity index (χ1) is 8.15. The highest BCUT2D eigenvalue weighted by molar-refractivity contribution is 5.65. The molecule has 0 saturated carbocycles. The number of benzene rings is 1. The lowest BCUT2D eigenvalue weighted by molar-refractivity contribution is 0.143. The Kier molecular flexibility index (Phi) is 3.61. The fraction of sp³-hybridized carbons (Fsp3) is 0.417. The van der Waals surface area contributed by atoms with Crippen molar-refractivity contribution in [3.05, 3.63) is 35.9 Å². The van der Waals surface area contributed by atoms with Gasteiger partial charge in [-0.25, -0.2) is 4.79 Å². The highest BCUT2D eigenvalue weighted by atomic mass is 16.4. The van der Waals surface area contributed by atoms with E-state index in [1.165, 1.54) is 0 Å². The van der Waals surface area contributed by atoms with E-state index in [2.05, 4.69) is 5.32 Å². The van der Waals surface area contributed by atoms with Gasteiger partial charge in [0.25, 0.3) is 0 Å². The Morgan fingerprint density at radius 2 is 2.06 bits per heavy atom. The Morgan fingerprint density at radius 1 is 1.35 bits per heavy atom. The molecule has 1 fully saturated rings. The van der Waals surface area contributed by atoms with Gasteiger partial charge in [-0.1, -0.05) is 30.3 Å². The molecule has 2 atom stereocenters. The number of carboxylic acid groups (broad SMARTS) is 1. The Labute approximate surface area is 99.7 Å². The van der Waals surface area contributed by atoms with E-state index in [0.29, 0.717) is 13.1 Å². The van der Waals surface area contributed by atoms with Crippen molar-refractivity contribution >= 4 is 6.09 Å². The van der Waals surface area contributed by atoms with E-state index in [1.807, 2.05) is 35.2 Å². The van der Waals surface area contributed by atoms with Crippen molar-refractivity contribution in [2.75, 3.05) is 13.1 Å². The molecule has 1 aromatic rings. The molecule has 5 heteroatoms. The summed E-state index contributed by atoms with van der Waals surface area (Å²) >= 11 is 0. The largest absolute Gasteiger partial charge is 0.465 e. The maximum atomic E-state index is 10.5. The van der Waals surface area contributed by atoms with Gasteiger partial charge in [-0.2, -0.15) is 0 Å². The van der Waals surface area contributed by atoms with Gasteiger partial charge in [-0.3, -0.25) is 4.90 Å². The molecule has 0 aromatic heterocycles. The quantitative estimate of drug-likeness (QED) is 0.714. The molecule has 17 heavy (non-hydrogen) atoms. The van der Waals surface area contributed by atoms with Gasteiger partial charge in [0.05, 0.1) is 12.1 Å².